The highest BCUT2D eigenvalue weighted by Crippen LogP contribution is 2.33. The maximum absolute atomic E-state index is 11.7. The second kappa shape index (κ2) is 3.91. The molecular formula is C12H18O3. The minimum Gasteiger partial charge on any atom is -0.344 e. The standard InChI is InChI=1S/C12H18O3/c1-11(2,3)9-6-7-10(13)12(8-9,14-4)15-5/h6-8H,1-5H3. The summed E-state index contributed by atoms with van der Waals surface area (Å²) in [6.45, 7) is 6.24. The predicted molar refractivity (Wildman–Crippen MR) is 58.4 cm³/mol. The second-order valence-electron chi connectivity index (χ2n) is 4.62. The van der Waals surface area contributed by atoms with E-state index in [-0.39, 0.29) is 11.2 Å². The zero-order valence-electron chi connectivity index (χ0n) is 9.96. The van der Waals surface area contributed by atoms with Crippen molar-refractivity contribution in [2.75, 3.05) is 14.2 Å². The Kier molecular flexibility index (Phi) is 3.16. The van der Waals surface area contributed by atoms with Crippen molar-refractivity contribution in [1.29, 1.82) is 0 Å². The Balaban J connectivity index is 3.15. The first-order valence-electron chi connectivity index (χ1n) is 4.92. The van der Waals surface area contributed by atoms with Gasteiger partial charge >= 0.3 is 0 Å². The van der Waals surface area contributed by atoms with Crippen LogP contribution in [0.3, 0.4) is 0 Å². The minimum absolute atomic E-state index is 0.0283. The molecule has 3 heteroatoms. The fraction of sp³-hybridized carbons (Fsp3) is 0.583. The predicted octanol–water partition coefficient (Wildman–Crippen LogP) is 2.09. The summed E-state index contributed by atoms with van der Waals surface area (Å²) in [6, 6.07) is 0. The fourth-order valence-corrected chi connectivity index (χ4v) is 1.47. The number of ketones is 1. The molecule has 0 bridgehead atoms. The molecule has 0 aromatic carbocycles. The number of carbonyl (C=O) groups is 1. The van der Waals surface area contributed by atoms with Crippen LogP contribution in [0.1, 0.15) is 20.8 Å². The van der Waals surface area contributed by atoms with Crippen LogP contribution in [0.25, 0.3) is 0 Å². The molecule has 0 N–H and O–H groups in total. The quantitative estimate of drug-likeness (QED) is 0.655. The van der Waals surface area contributed by atoms with Gasteiger partial charge < -0.3 is 9.47 Å². The summed E-state index contributed by atoms with van der Waals surface area (Å²) in [7, 11) is 2.94. The first kappa shape index (κ1) is 12.1. The van der Waals surface area contributed by atoms with Gasteiger partial charge in [0.25, 0.3) is 5.79 Å². The number of hydrogen-bond donors (Lipinski definition) is 0. The lowest BCUT2D eigenvalue weighted by Gasteiger charge is -2.31. The van der Waals surface area contributed by atoms with E-state index in [1.807, 2.05) is 6.08 Å². The van der Waals surface area contributed by atoms with Gasteiger partial charge in [0, 0.05) is 14.2 Å². The molecule has 0 heterocycles. The van der Waals surface area contributed by atoms with Crippen molar-refractivity contribution >= 4 is 5.78 Å². The zero-order valence-corrected chi connectivity index (χ0v) is 9.96. The number of methoxy groups -OCH3 is 2. The van der Waals surface area contributed by atoms with Crippen LogP contribution in [0.4, 0.5) is 0 Å². The van der Waals surface area contributed by atoms with E-state index in [1.54, 1.807) is 6.08 Å². The van der Waals surface area contributed by atoms with E-state index < -0.39 is 5.79 Å². The third-order valence-corrected chi connectivity index (χ3v) is 2.58. The normalized spacial score (nSPS) is 20.3. The van der Waals surface area contributed by atoms with Gasteiger partial charge in [0.05, 0.1) is 0 Å². The van der Waals surface area contributed by atoms with Crippen LogP contribution in [0.5, 0.6) is 0 Å². The summed E-state index contributed by atoms with van der Waals surface area (Å²) < 4.78 is 10.3. The number of hydrogen-bond acceptors (Lipinski definition) is 3. The van der Waals surface area contributed by atoms with Gasteiger partial charge in [0.15, 0.2) is 0 Å². The topological polar surface area (TPSA) is 35.5 Å². The van der Waals surface area contributed by atoms with Crippen LogP contribution in [0.15, 0.2) is 23.8 Å². The highest BCUT2D eigenvalue weighted by Gasteiger charge is 2.38. The Hall–Kier alpha value is -0.930. The summed E-state index contributed by atoms with van der Waals surface area (Å²) in [6.07, 6.45) is 5.07. The van der Waals surface area contributed by atoms with Crippen molar-refractivity contribution in [3.05, 3.63) is 23.8 Å². The molecule has 1 rings (SSSR count). The van der Waals surface area contributed by atoms with E-state index in [9.17, 15) is 4.79 Å². The molecule has 84 valence electrons. The lowest BCUT2D eigenvalue weighted by molar-refractivity contribution is -0.181. The summed E-state index contributed by atoms with van der Waals surface area (Å²) >= 11 is 0. The number of rotatable bonds is 2. The summed E-state index contributed by atoms with van der Waals surface area (Å²) in [5, 5.41) is 0. The Morgan fingerprint density at radius 3 is 2.07 bits per heavy atom. The van der Waals surface area contributed by atoms with E-state index in [4.69, 9.17) is 9.47 Å². The Morgan fingerprint density at radius 1 is 1.13 bits per heavy atom. The molecular weight excluding hydrogens is 192 g/mol. The molecule has 3 nitrogen and oxygen atoms in total. The second-order valence-corrected chi connectivity index (χ2v) is 4.62. The molecule has 0 aliphatic heterocycles. The molecule has 0 radical (unpaired) electrons. The van der Waals surface area contributed by atoms with Gasteiger partial charge in [-0.05, 0) is 23.1 Å². The number of carbonyl (C=O) groups excluding carboxylic acids is 1. The Morgan fingerprint density at radius 2 is 1.67 bits per heavy atom. The van der Waals surface area contributed by atoms with Crippen LogP contribution in [-0.2, 0) is 14.3 Å². The van der Waals surface area contributed by atoms with E-state index in [0.717, 1.165) is 5.57 Å². The summed E-state index contributed by atoms with van der Waals surface area (Å²) in [4.78, 5) is 11.7. The van der Waals surface area contributed by atoms with Crippen molar-refractivity contribution in [2.24, 2.45) is 5.41 Å². The number of ether oxygens (including phenoxy) is 2. The highest BCUT2D eigenvalue weighted by atomic mass is 16.7. The average molecular weight is 210 g/mol. The smallest absolute Gasteiger partial charge is 0.253 e. The van der Waals surface area contributed by atoms with Crippen molar-refractivity contribution in [1.82, 2.24) is 0 Å². The first-order valence-corrected chi connectivity index (χ1v) is 4.92. The Labute approximate surface area is 90.8 Å². The minimum atomic E-state index is -1.24. The van der Waals surface area contributed by atoms with E-state index in [2.05, 4.69) is 20.8 Å². The monoisotopic (exact) mass is 210 g/mol. The van der Waals surface area contributed by atoms with Gasteiger partial charge in [-0.15, -0.1) is 0 Å². The number of allylic oxidation sites excluding steroid dienone is 2. The van der Waals surface area contributed by atoms with E-state index in [1.165, 1.54) is 20.3 Å². The summed E-state index contributed by atoms with van der Waals surface area (Å²) in [5.41, 5.74) is 1.00. The molecule has 15 heavy (non-hydrogen) atoms. The third-order valence-electron chi connectivity index (χ3n) is 2.58. The van der Waals surface area contributed by atoms with Crippen LogP contribution < -0.4 is 0 Å². The van der Waals surface area contributed by atoms with Crippen LogP contribution >= 0.6 is 0 Å². The molecule has 0 amide bonds. The van der Waals surface area contributed by atoms with E-state index in [0.29, 0.717) is 0 Å². The third kappa shape index (κ3) is 2.19. The molecule has 1 aliphatic rings. The molecule has 0 saturated heterocycles. The highest BCUT2D eigenvalue weighted by molar-refractivity contribution is 5.99. The van der Waals surface area contributed by atoms with Crippen LogP contribution in [0.2, 0.25) is 0 Å². The molecule has 0 spiro atoms. The van der Waals surface area contributed by atoms with Crippen LogP contribution in [-0.4, -0.2) is 25.8 Å². The maximum Gasteiger partial charge on any atom is 0.253 e. The largest absolute Gasteiger partial charge is 0.344 e. The van der Waals surface area contributed by atoms with Crippen molar-refractivity contribution in [2.45, 2.75) is 26.6 Å². The van der Waals surface area contributed by atoms with Gasteiger partial charge in [-0.2, -0.15) is 0 Å². The fourth-order valence-electron chi connectivity index (χ4n) is 1.47. The van der Waals surface area contributed by atoms with Crippen molar-refractivity contribution in [3.8, 4) is 0 Å². The van der Waals surface area contributed by atoms with E-state index >= 15 is 0 Å². The maximum atomic E-state index is 11.7. The zero-order chi connectivity index (χ0) is 11.7. The van der Waals surface area contributed by atoms with Gasteiger partial charge in [0.1, 0.15) is 0 Å². The lowest BCUT2D eigenvalue weighted by atomic mass is 9.82. The molecule has 0 fully saturated rings. The molecule has 0 saturated carbocycles. The van der Waals surface area contributed by atoms with Crippen molar-refractivity contribution < 1.29 is 14.3 Å². The van der Waals surface area contributed by atoms with Gasteiger partial charge in [-0.1, -0.05) is 26.8 Å². The summed E-state index contributed by atoms with van der Waals surface area (Å²) in [5.74, 6) is -1.42. The Bertz CT molecular complexity index is 314. The van der Waals surface area contributed by atoms with Gasteiger partial charge in [-0.25, -0.2) is 0 Å². The van der Waals surface area contributed by atoms with Gasteiger partial charge in [-0.3, -0.25) is 4.79 Å². The van der Waals surface area contributed by atoms with Crippen molar-refractivity contribution in [3.63, 3.8) is 0 Å². The molecule has 0 aromatic rings. The van der Waals surface area contributed by atoms with Gasteiger partial charge in [0.2, 0.25) is 5.78 Å². The molecule has 0 aromatic heterocycles. The van der Waals surface area contributed by atoms with Crippen LogP contribution in [0, 0.1) is 5.41 Å². The SMILES string of the molecule is COC1(OC)C=C(C(C)(C)C)C=CC1=O. The first-order chi connectivity index (χ1) is 6.85. The average Bonchev–Trinajstić information content (AvgIpc) is 2.17. The molecule has 0 atom stereocenters. The molecule has 1 aliphatic carbocycles. The lowest BCUT2D eigenvalue weighted by Crippen LogP contribution is -2.42. The molecule has 0 unspecified atom stereocenters.